The second kappa shape index (κ2) is 5.15. The van der Waals surface area contributed by atoms with Crippen LogP contribution in [0.3, 0.4) is 0 Å². The summed E-state index contributed by atoms with van der Waals surface area (Å²) >= 11 is 0. The van der Waals surface area contributed by atoms with Gasteiger partial charge in [0.2, 0.25) is 0 Å². The molecule has 2 amide bonds. The minimum absolute atomic E-state index is 0.0482. The van der Waals surface area contributed by atoms with Crippen LogP contribution in [0.25, 0.3) is 0 Å². The Hall–Kier alpha value is -2.05. The summed E-state index contributed by atoms with van der Waals surface area (Å²) in [6.45, 7) is 0.149. The molecule has 1 aliphatic heterocycles. The summed E-state index contributed by atoms with van der Waals surface area (Å²) in [5.74, 6) is -0.766. The van der Waals surface area contributed by atoms with Crippen molar-refractivity contribution in [2.24, 2.45) is 0 Å². The van der Waals surface area contributed by atoms with E-state index >= 15 is 0 Å². The molecule has 0 spiro atoms. The van der Waals surface area contributed by atoms with Crippen LogP contribution in [0.15, 0.2) is 18.2 Å². The minimum atomic E-state index is -4.16. The molecule has 20 heavy (non-hydrogen) atoms. The SMILES string of the molecule is CN1C(=O)c2ccc(NCCCC(F)(F)F)cc2C1=O. The van der Waals surface area contributed by atoms with Gasteiger partial charge in [0.25, 0.3) is 11.8 Å². The number of nitrogens with one attached hydrogen (secondary N) is 1. The van der Waals surface area contributed by atoms with Crippen molar-refractivity contribution in [2.75, 3.05) is 18.9 Å². The highest BCUT2D eigenvalue weighted by Crippen LogP contribution is 2.25. The van der Waals surface area contributed by atoms with Crippen LogP contribution in [0, 0.1) is 0 Å². The maximum absolute atomic E-state index is 12.0. The molecule has 2 rings (SSSR count). The summed E-state index contributed by atoms with van der Waals surface area (Å²) in [6, 6.07) is 4.58. The highest BCUT2D eigenvalue weighted by atomic mass is 19.4. The van der Waals surface area contributed by atoms with Crippen LogP contribution in [0.5, 0.6) is 0 Å². The standard InChI is InChI=1S/C13H13F3N2O2/c1-18-11(19)9-4-3-8(7-10(9)12(18)20)17-6-2-5-13(14,15)16/h3-4,7,17H,2,5-6H2,1H3. The molecule has 0 radical (unpaired) electrons. The molecule has 1 aliphatic rings. The summed E-state index contributed by atoms with van der Waals surface area (Å²) in [5.41, 5.74) is 1.12. The van der Waals surface area contributed by atoms with Crippen molar-refractivity contribution in [1.82, 2.24) is 4.90 Å². The maximum atomic E-state index is 12.0. The second-order valence-electron chi connectivity index (χ2n) is 4.58. The Bertz CT molecular complexity index is 555. The van der Waals surface area contributed by atoms with E-state index in [0.29, 0.717) is 11.3 Å². The van der Waals surface area contributed by atoms with Gasteiger partial charge in [-0.2, -0.15) is 13.2 Å². The number of alkyl halides is 3. The zero-order valence-corrected chi connectivity index (χ0v) is 10.8. The second-order valence-corrected chi connectivity index (χ2v) is 4.58. The van der Waals surface area contributed by atoms with Crippen LogP contribution in [-0.2, 0) is 0 Å². The van der Waals surface area contributed by atoms with Crippen LogP contribution in [-0.4, -0.2) is 36.5 Å². The highest BCUT2D eigenvalue weighted by Gasteiger charge is 2.32. The number of hydrogen-bond acceptors (Lipinski definition) is 3. The fraction of sp³-hybridized carbons (Fsp3) is 0.385. The Morgan fingerprint density at radius 3 is 2.45 bits per heavy atom. The number of imide groups is 1. The summed E-state index contributed by atoms with van der Waals surface area (Å²) in [5, 5.41) is 2.82. The van der Waals surface area contributed by atoms with E-state index in [1.54, 1.807) is 6.07 Å². The van der Waals surface area contributed by atoms with Gasteiger partial charge in [0.1, 0.15) is 0 Å². The molecule has 0 atom stereocenters. The lowest BCUT2D eigenvalue weighted by molar-refractivity contribution is -0.134. The van der Waals surface area contributed by atoms with Gasteiger partial charge in [-0.05, 0) is 24.6 Å². The Labute approximate surface area is 113 Å². The minimum Gasteiger partial charge on any atom is -0.385 e. The number of benzene rings is 1. The molecular weight excluding hydrogens is 273 g/mol. The predicted molar refractivity (Wildman–Crippen MR) is 66.6 cm³/mol. The quantitative estimate of drug-likeness (QED) is 0.684. The fourth-order valence-corrected chi connectivity index (χ4v) is 1.99. The zero-order valence-electron chi connectivity index (χ0n) is 10.8. The van der Waals surface area contributed by atoms with Crippen LogP contribution in [0.1, 0.15) is 33.6 Å². The third kappa shape index (κ3) is 2.92. The van der Waals surface area contributed by atoms with Crippen LogP contribution < -0.4 is 5.32 Å². The normalized spacial score (nSPS) is 14.7. The Balaban J connectivity index is 1.99. The largest absolute Gasteiger partial charge is 0.389 e. The number of nitrogens with zero attached hydrogens (tertiary/aromatic N) is 1. The predicted octanol–water partition coefficient (Wildman–Crippen LogP) is 2.67. The number of amides is 2. The van der Waals surface area contributed by atoms with Gasteiger partial charge in [-0.25, -0.2) is 0 Å². The lowest BCUT2D eigenvalue weighted by Crippen LogP contribution is -2.24. The first-order chi connectivity index (χ1) is 9.29. The molecule has 7 heteroatoms. The molecule has 0 saturated carbocycles. The molecule has 0 fully saturated rings. The molecule has 4 nitrogen and oxygen atoms in total. The first-order valence-corrected chi connectivity index (χ1v) is 6.06. The lowest BCUT2D eigenvalue weighted by Gasteiger charge is -2.09. The Morgan fingerprint density at radius 1 is 1.15 bits per heavy atom. The number of anilines is 1. The number of carbonyl (C=O) groups excluding carboxylic acids is 2. The first kappa shape index (κ1) is 14.4. The van der Waals surface area contributed by atoms with Crippen LogP contribution >= 0.6 is 0 Å². The summed E-state index contributed by atoms with van der Waals surface area (Å²) in [4.78, 5) is 24.4. The van der Waals surface area contributed by atoms with Gasteiger partial charge in [0, 0.05) is 25.7 Å². The van der Waals surface area contributed by atoms with Crippen molar-refractivity contribution in [3.63, 3.8) is 0 Å². The van der Waals surface area contributed by atoms with Crippen molar-refractivity contribution in [1.29, 1.82) is 0 Å². The van der Waals surface area contributed by atoms with Gasteiger partial charge in [0.15, 0.2) is 0 Å². The molecule has 1 heterocycles. The van der Waals surface area contributed by atoms with Gasteiger partial charge < -0.3 is 5.32 Å². The fourth-order valence-electron chi connectivity index (χ4n) is 1.99. The zero-order chi connectivity index (χ0) is 14.9. The molecule has 1 aromatic rings. The molecule has 0 unspecified atom stereocenters. The van der Waals surface area contributed by atoms with Crippen molar-refractivity contribution < 1.29 is 22.8 Å². The van der Waals surface area contributed by atoms with Crippen molar-refractivity contribution >= 4 is 17.5 Å². The third-order valence-corrected chi connectivity index (χ3v) is 3.06. The van der Waals surface area contributed by atoms with Gasteiger partial charge >= 0.3 is 6.18 Å². The molecule has 0 aliphatic carbocycles. The van der Waals surface area contributed by atoms with E-state index in [1.807, 2.05) is 0 Å². The number of carbonyl (C=O) groups is 2. The lowest BCUT2D eigenvalue weighted by atomic mass is 10.1. The van der Waals surface area contributed by atoms with Crippen LogP contribution in [0.4, 0.5) is 18.9 Å². The third-order valence-electron chi connectivity index (χ3n) is 3.06. The van der Waals surface area contributed by atoms with E-state index in [1.165, 1.54) is 19.2 Å². The molecule has 1 N–H and O–H groups in total. The van der Waals surface area contributed by atoms with Gasteiger partial charge in [-0.3, -0.25) is 14.5 Å². The van der Waals surface area contributed by atoms with Crippen molar-refractivity contribution in [2.45, 2.75) is 19.0 Å². The molecular formula is C13H13F3N2O2. The molecule has 0 bridgehead atoms. The molecule has 1 aromatic carbocycles. The molecule has 0 saturated heterocycles. The van der Waals surface area contributed by atoms with E-state index in [2.05, 4.69) is 5.32 Å². The van der Waals surface area contributed by atoms with Crippen molar-refractivity contribution in [3.8, 4) is 0 Å². The Kier molecular flexibility index (Phi) is 3.69. The van der Waals surface area contributed by atoms with Crippen molar-refractivity contribution in [3.05, 3.63) is 29.3 Å². The van der Waals surface area contributed by atoms with E-state index in [0.717, 1.165) is 4.90 Å². The molecule has 108 valence electrons. The number of hydrogen-bond donors (Lipinski definition) is 1. The number of halogens is 3. The average molecular weight is 286 g/mol. The number of fused-ring (bicyclic) bond motifs is 1. The average Bonchev–Trinajstić information content (AvgIpc) is 2.59. The molecule has 0 aromatic heterocycles. The first-order valence-electron chi connectivity index (χ1n) is 6.06. The van der Waals surface area contributed by atoms with E-state index in [4.69, 9.17) is 0 Å². The van der Waals surface area contributed by atoms with E-state index < -0.39 is 18.5 Å². The Morgan fingerprint density at radius 2 is 1.80 bits per heavy atom. The summed E-state index contributed by atoms with van der Waals surface area (Å²) in [7, 11) is 1.39. The van der Waals surface area contributed by atoms with E-state index in [-0.39, 0.29) is 24.4 Å². The van der Waals surface area contributed by atoms with Crippen LogP contribution in [0.2, 0.25) is 0 Å². The monoisotopic (exact) mass is 286 g/mol. The summed E-state index contributed by atoms with van der Waals surface area (Å²) in [6.07, 6.45) is -5.07. The van der Waals surface area contributed by atoms with Gasteiger partial charge in [-0.15, -0.1) is 0 Å². The summed E-state index contributed by atoms with van der Waals surface area (Å²) < 4.78 is 35.9. The highest BCUT2D eigenvalue weighted by molar-refractivity contribution is 6.21. The smallest absolute Gasteiger partial charge is 0.385 e. The number of rotatable bonds is 4. The topological polar surface area (TPSA) is 49.4 Å². The maximum Gasteiger partial charge on any atom is 0.389 e. The van der Waals surface area contributed by atoms with E-state index in [9.17, 15) is 22.8 Å². The van der Waals surface area contributed by atoms with Gasteiger partial charge in [0.05, 0.1) is 11.1 Å². The van der Waals surface area contributed by atoms with Gasteiger partial charge in [-0.1, -0.05) is 0 Å².